The molecule has 22 heavy (non-hydrogen) atoms. The molecule has 7 heteroatoms. The maximum atomic E-state index is 13.5. The number of hydrogen-bond acceptors (Lipinski definition) is 3. The lowest BCUT2D eigenvalue weighted by molar-refractivity contribution is 0.1000. The maximum absolute atomic E-state index is 13.5. The molecule has 0 atom stereocenters. The summed E-state index contributed by atoms with van der Waals surface area (Å²) in [4.78, 5) is 15.7. The normalized spacial score (nSPS) is 10.9. The number of primary amides is 1. The summed E-state index contributed by atoms with van der Waals surface area (Å²) in [5.74, 6) is -0.912. The first-order valence-electron chi connectivity index (χ1n) is 6.31. The molecule has 2 aromatic heterocycles. The Balaban J connectivity index is 2.16. The van der Waals surface area contributed by atoms with Gasteiger partial charge >= 0.3 is 0 Å². The number of imidazole rings is 1. The number of hydrogen-bond donors (Lipinski definition) is 1. The Hall–Kier alpha value is -2.60. The van der Waals surface area contributed by atoms with E-state index in [2.05, 4.69) is 4.98 Å². The highest BCUT2D eigenvalue weighted by molar-refractivity contribution is 6.33. The molecule has 3 aromatic rings. The lowest BCUT2D eigenvalue weighted by Gasteiger charge is -2.03. The second kappa shape index (κ2) is 5.31. The molecule has 0 radical (unpaired) electrons. The van der Waals surface area contributed by atoms with Crippen molar-refractivity contribution in [3.8, 4) is 17.0 Å². The van der Waals surface area contributed by atoms with Gasteiger partial charge in [-0.2, -0.15) is 0 Å². The molecule has 0 aliphatic carbocycles. The van der Waals surface area contributed by atoms with Gasteiger partial charge in [0.25, 0.3) is 0 Å². The Bertz CT molecular complexity index is 892. The Morgan fingerprint density at radius 2 is 2.14 bits per heavy atom. The number of methoxy groups -OCH3 is 1. The van der Waals surface area contributed by atoms with Gasteiger partial charge < -0.3 is 14.9 Å². The quantitative estimate of drug-likeness (QED) is 0.807. The van der Waals surface area contributed by atoms with Crippen molar-refractivity contribution in [2.45, 2.75) is 0 Å². The Morgan fingerprint density at radius 1 is 1.36 bits per heavy atom. The van der Waals surface area contributed by atoms with Crippen LogP contribution >= 0.6 is 11.6 Å². The van der Waals surface area contributed by atoms with Crippen molar-refractivity contribution in [1.29, 1.82) is 0 Å². The van der Waals surface area contributed by atoms with Crippen LogP contribution in [0.1, 0.15) is 10.4 Å². The predicted molar refractivity (Wildman–Crippen MR) is 80.7 cm³/mol. The number of ether oxygens (including phenoxy) is 1. The van der Waals surface area contributed by atoms with Crippen LogP contribution in [0.15, 0.2) is 36.7 Å². The van der Waals surface area contributed by atoms with Crippen LogP contribution in [-0.2, 0) is 0 Å². The first-order chi connectivity index (χ1) is 10.5. The van der Waals surface area contributed by atoms with Crippen LogP contribution in [0.3, 0.4) is 0 Å². The summed E-state index contributed by atoms with van der Waals surface area (Å²) in [6.45, 7) is 0. The lowest BCUT2D eigenvalue weighted by Crippen LogP contribution is -2.11. The van der Waals surface area contributed by atoms with Gasteiger partial charge in [-0.05, 0) is 24.3 Å². The highest BCUT2D eigenvalue weighted by Crippen LogP contribution is 2.28. The van der Waals surface area contributed by atoms with E-state index in [1.165, 1.54) is 19.2 Å². The van der Waals surface area contributed by atoms with Crippen molar-refractivity contribution in [2.75, 3.05) is 7.11 Å². The molecule has 3 rings (SSSR count). The molecular weight excluding hydrogens is 309 g/mol. The van der Waals surface area contributed by atoms with Gasteiger partial charge in [0, 0.05) is 18.0 Å². The van der Waals surface area contributed by atoms with Crippen molar-refractivity contribution in [3.05, 3.63) is 53.1 Å². The number of benzene rings is 1. The zero-order valence-corrected chi connectivity index (χ0v) is 12.3. The summed E-state index contributed by atoms with van der Waals surface area (Å²) in [6.07, 6.45) is 3.22. The Labute approximate surface area is 130 Å². The number of halogens is 2. The topological polar surface area (TPSA) is 69.6 Å². The van der Waals surface area contributed by atoms with Gasteiger partial charge in [0.2, 0.25) is 5.91 Å². The molecule has 1 amide bonds. The monoisotopic (exact) mass is 319 g/mol. The van der Waals surface area contributed by atoms with E-state index >= 15 is 0 Å². The molecule has 0 spiro atoms. The van der Waals surface area contributed by atoms with E-state index in [1.807, 2.05) is 0 Å². The van der Waals surface area contributed by atoms with Gasteiger partial charge in [0.15, 0.2) is 17.2 Å². The van der Waals surface area contributed by atoms with E-state index in [4.69, 9.17) is 22.1 Å². The number of pyridine rings is 1. The summed E-state index contributed by atoms with van der Waals surface area (Å²) in [5, 5.41) is 0.302. The molecule has 0 saturated heterocycles. The molecule has 0 aliphatic heterocycles. The van der Waals surface area contributed by atoms with Crippen LogP contribution in [0.2, 0.25) is 5.02 Å². The molecule has 0 bridgehead atoms. The summed E-state index contributed by atoms with van der Waals surface area (Å²) < 4.78 is 20.0. The summed E-state index contributed by atoms with van der Waals surface area (Å²) in [5.41, 5.74) is 7.25. The highest BCUT2D eigenvalue weighted by Gasteiger charge is 2.12. The molecule has 0 unspecified atom stereocenters. The van der Waals surface area contributed by atoms with Crippen LogP contribution < -0.4 is 10.5 Å². The molecule has 0 aliphatic rings. The number of carbonyl (C=O) groups is 1. The van der Waals surface area contributed by atoms with Gasteiger partial charge in [-0.1, -0.05) is 11.6 Å². The number of nitrogens with two attached hydrogens (primary N) is 1. The number of nitrogens with zero attached hydrogens (tertiary/aromatic N) is 2. The number of amides is 1. The zero-order valence-electron chi connectivity index (χ0n) is 11.5. The van der Waals surface area contributed by atoms with Gasteiger partial charge in [-0.25, -0.2) is 9.37 Å². The number of carbonyl (C=O) groups excluding carboxylic acids is 1. The van der Waals surface area contributed by atoms with Gasteiger partial charge in [-0.3, -0.25) is 4.79 Å². The second-order valence-electron chi connectivity index (χ2n) is 4.65. The molecule has 112 valence electrons. The highest BCUT2D eigenvalue weighted by atomic mass is 35.5. The van der Waals surface area contributed by atoms with Gasteiger partial charge in [-0.15, -0.1) is 0 Å². The molecular formula is C15H11ClFN3O2. The lowest BCUT2D eigenvalue weighted by atomic mass is 10.1. The average Bonchev–Trinajstić information content (AvgIpc) is 2.92. The molecule has 2 N–H and O–H groups in total. The van der Waals surface area contributed by atoms with Gasteiger partial charge in [0.1, 0.15) is 0 Å². The third-order valence-electron chi connectivity index (χ3n) is 3.24. The van der Waals surface area contributed by atoms with E-state index < -0.39 is 11.7 Å². The minimum atomic E-state index is -0.581. The first kappa shape index (κ1) is 14.3. The van der Waals surface area contributed by atoms with Crippen molar-refractivity contribution in [2.24, 2.45) is 5.73 Å². The van der Waals surface area contributed by atoms with Crippen molar-refractivity contribution < 1.29 is 13.9 Å². The number of rotatable bonds is 3. The smallest absolute Gasteiger partial charge is 0.250 e. The fourth-order valence-corrected chi connectivity index (χ4v) is 2.41. The van der Waals surface area contributed by atoms with Crippen LogP contribution in [-0.4, -0.2) is 22.4 Å². The summed E-state index contributed by atoms with van der Waals surface area (Å²) >= 11 is 6.12. The van der Waals surface area contributed by atoms with E-state index in [9.17, 15) is 9.18 Å². The zero-order chi connectivity index (χ0) is 15.9. The van der Waals surface area contributed by atoms with E-state index in [0.717, 1.165) is 0 Å². The maximum Gasteiger partial charge on any atom is 0.250 e. The Kier molecular flexibility index (Phi) is 3.46. The minimum Gasteiger partial charge on any atom is -0.494 e. The van der Waals surface area contributed by atoms with Crippen molar-refractivity contribution >= 4 is 23.2 Å². The van der Waals surface area contributed by atoms with Crippen molar-refractivity contribution in [1.82, 2.24) is 9.38 Å². The molecule has 1 aromatic carbocycles. The molecule has 5 nitrogen and oxygen atoms in total. The van der Waals surface area contributed by atoms with E-state index in [-0.39, 0.29) is 11.3 Å². The molecule has 0 saturated carbocycles. The third-order valence-corrected chi connectivity index (χ3v) is 3.52. The summed E-state index contributed by atoms with van der Waals surface area (Å²) in [6, 6.07) is 5.89. The van der Waals surface area contributed by atoms with Crippen LogP contribution in [0.5, 0.6) is 5.75 Å². The fraction of sp³-hybridized carbons (Fsp3) is 0.0667. The largest absolute Gasteiger partial charge is 0.494 e. The van der Waals surface area contributed by atoms with Crippen molar-refractivity contribution in [3.63, 3.8) is 0 Å². The fourth-order valence-electron chi connectivity index (χ4n) is 2.15. The number of aromatic nitrogens is 2. The standard InChI is InChI=1S/C15H11ClFN3O2/c1-22-13-5-8(2-3-11(13)17)12-7-20-6-9(14(18)21)4-10(16)15(20)19-12/h2-7H,1H3,(H2,18,21). The summed E-state index contributed by atoms with van der Waals surface area (Å²) in [7, 11) is 1.39. The molecule has 0 fully saturated rings. The first-order valence-corrected chi connectivity index (χ1v) is 6.69. The second-order valence-corrected chi connectivity index (χ2v) is 5.05. The van der Waals surface area contributed by atoms with Crippen LogP contribution in [0.4, 0.5) is 4.39 Å². The van der Waals surface area contributed by atoms with Gasteiger partial charge in [0.05, 0.1) is 23.4 Å². The SMILES string of the molecule is COc1cc(-c2cn3cc(C(N)=O)cc(Cl)c3n2)ccc1F. The predicted octanol–water partition coefficient (Wildman–Crippen LogP) is 2.90. The minimum absolute atomic E-state index is 0.124. The number of fused-ring (bicyclic) bond motifs is 1. The average molecular weight is 320 g/mol. The van der Waals surface area contributed by atoms with Crippen LogP contribution in [0.25, 0.3) is 16.9 Å². The van der Waals surface area contributed by atoms with E-state index in [1.54, 1.807) is 28.9 Å². The third kappa shape index (κ3) is 2.37. The molecule has 2 heterocycles. The Morgan fingerprint density at radius 3 is 2.82 bits per heavy atom. The van der Waals surface area contributed by atoms with E-state index in [0.29, 0.717) is 21.9 Å². The van der Waals surface area contributed by atoms with Crippen LogP contribution in [0, 0.1) is 5.82 Å².